The predicted molar refractivity (Wildman–Crippen MR) is 117 cm³/mol. The summed E-state index contributed by atoms with van der Waals surface area (Å²) in [6.07, 6.45) is -2.03. The second-order valence-corrected chi connectivity index (χ2v) is 10.2. The number of hydrogen-bond donors (Lipinski definition) is 1. The number of anilines is 1. The largest absolute Gasteiger partial charge is 0.418 e. The first-order valence-corrected chi connectivity index (χ1v) is 11.1. The van der Waals surface area contributed by atoms with Crippen molar-refractivity contribution in [2.24, 2.45) is 11.3 Å². The maximum absolute atomic E-state index is 13.2. The Bertz CT molecular complexity index is 1240. The molecular weight excluding hydrogens is 441 g/mol. The highest BCUT2D eigenvalue weighted by atomic mass is 32.1. The van der Waals surface area contributed by atoms with Crippen LogP contribution < -0.4 is 10.9 Å². The summed E-state index contributed by atoms with van der Waals surface area (Å²) in [6, 6.07) is 4.69. The van der Waals surface area contributed by atoms with Crippen molar-refractivity contribution < 1.29 is 18.0 Å². The van der Waals surface area contributed by atoms with Crippen LogP contribution in [0.1, 0.15) is 43.2 Å². The summed E-state index contributed by atoms with van der Waals surface area (Å²) in [6.45, 7) is 6.10. The number of nitrogens with one attached hydrogen (secondary N) is 1. The molecule has 0 spiro atoms. The number of carbonyl (C=O) groups excluding carboxylic acids is 1. The number of carbonyl (C=O) groups is 1. The SMILES string of the molecule is CC(C)(C)[C@H]1CCc2c(sc3nnn(CC(=O)Nc4ccccc4C(F)(F)F)c(=O)c23)C1. The van der Waals surface area contributed by atoms with Crippen LogP contribution in [0.25, 0.3) is 10.2 Å². The number of halogens is 3. The third-order valence-corrected chi connectivity index (χ3v) is 7.10. The average molecular weight is 465 g/mol. The molecule has 0 radical (unpaired) electrons. The Kier molecular flexibility index (Phi) is 5.60. The Balaban J connectivity index is 1.60. The quantitative estimate of drug-likeness (QED) is 0.612. The number of nitrogens with zero attached hydrogens (tertiary/aromatic N) is 3. The van der Waals surface area contributed by atoms with Gasteiger partial charge < -0.3 is 5.32 Å². The highest BCUT2D eigenvalue weighted by Gasteiger charge is 2.34. The predicted octanol–water partition coefficient (Wildman–Crippen LogP) is 4.66. The van der Waals surface area contributed by atoms with Crippen LogP contribution >= 0.6 is 11.3 Å². The minimum atomic E-state index is -4.61. The molecule has 1 aliphatic carbocycles. The molecule has 170 valence electrons. The van der Waals surface area contributed by atoms with Crippen molar-refractivity contribution in [1.29, 1.82) is 0 Å². The van der Waals surface area contributed by atoms with Gasteiger partial charge in [-0.05, 0) is 48.3 Å². The molecule has 1 aliphatic rings. The summed E-state index contributed by atoms with van der Waals surface area (Å²) in [5.74, 6) is -0.285. The van der Waals surface area contributed by atoms with E-state index >= 15 is 0 Å². The summed E-state index contributed by atoms with van der Waals surface area (Å²) in [5, 5.41) is 10.7. The average Bonchev–Trinajstić information content (AvgIpc) is 3.07. The second-order valence-electron chi connectivity index (χ2n) is 9.13. The van der Waals surface area contributed by atoms with E-state index in [0.717, 1.165) is 40.5 Å². The lowest BCUT2D eigenvalue weighted by Crippen LogP contribution is -2.31. The minimum Gasteiger partial charge on any atom is -0.324 e. The first kappa shape index (κ1) is 22.4. The lowest BCUT2D eigenvalue weighted by Gasteiger charge is -2.33. The van der Waals surface area contributed by atoms with E-state index in [9.17, 15) is 22.8 Å². The first-order chi connectivity index (χ1) is 14.9. The summed E-state index contributed by atoms with van der Waals surface area (Å²) in [5.41, 5.74) is -0.649. The van der Waals surface area contributed by atoms with Gasteiger partial charge in [0.25, 0.3) is 5.56 Å². The normalized spacial score (nSPS) is 16.8. The van der Waals surface area contributed by atoms with Gasteiger partial charge in [-0.1, -0.05) is 38.1 Å². The maximum Gasteiger partial charge on any atom is 0.418 e. The molecule has 1 aromatic carbocycles. The van der Waals surface area contributed by atoms with Crippen LogP contribution in [-0.4, -0.2) is 20.9 Å². The molecule has 0 aliphatic heterocycles. The van der Waals surface area contributed by atoms with Crippen molar-refractivity contribution >= 4 is 33.1 Å². The van der Waals surface area contributed by atoms with Crippen molar-refractivity contribution in [2.45, 2.75) is 52.8 Å². The van der Waals surface area contributed by atoms with E-state index in [-0.39, 0.29) is 11.1 Å². The summed E-state index contributed by atoms with van der Waals surface area (Å²) < 4.78 is 40.4. The monoisotopic (exact) mass is 464 g/mol. The number of thiophene rings is 1. The van der Waals surface area contributed by atoms with E-state index in [1.54, 1.807) is 0 Å². The van der Waals surface area contributed by atoms with Crippen LogP contribution in [-0.2, 0) is 30.4 Å². The van der Waals surface area contributed by atoms with Crippen molar-refractivity contribution in [3.63, 3.8) is 0 Å². The molecule has 0 saturated carbocycles. The van der Waals surface area contributed by atoms with Crippen LogP contribution in [0, 0.1) is 11.3 Å². The smallest absolute Gasteiger partial charge is 0.324 e. The Hall–Kier alpha value is -2.75. The number of fused-ring (bicyclic) bond motifs is 3. The van der Waals surface area contributed by atoms with Gasteiger partial charge in [0.2, 0.25) is 5.91 Å². The third kappa shape index (κ3) is 4.28. The lowest BCUT2D eigenvalue weighted by atomic mass is 9.72. The van der Waals surface area contributed by atoms with E-state index in [2.05, 4.69) is 36.4 Å². The van der Waals surface area contributed by atoms with E-state index < -0.39 is 29.8 Å². The summed E-state index contributed by atoms with van der Waals surface area (Å²) in [4.78, 5) is 27.1. The van der Waals surface area contributed by atoms with E-state index in [1.807, 2.05) is 0 Å². The standard InChI is InChI=1S/C22H23F3N4O2S/c1-21(2,3)12-8-9-13-16(10-12)32-19-18(13)20(31)29(28-27-19)11-17(30)26-15-7-5-4-6-14(15)22(23,24)25/h4-7,12H,8-11H2,1-3H3,(H,26,30)/t12-/m0/s1. The van der Waals surface area contributed by atoms with Gasteiger partial charge in [-0.15, -0.1) is 16.4 Å². The van der Waals surface area contributed by atoms with Gasteiger partial charge in [-0.25, -0.2) is 4.68 Å². The lowest BCUT2D eigenvalue weighted by molar-refractivity contribution is -0.137. The topological polar surface area (TPSA) is 76.9 Å². The molecule has 1 atom stereocenters. The molecule has 10 heteroatoms. The Morgan fingerprint density at radius 2 is 1.97 bits per heavy atom. The molecule has 1 N–H and O–H groups in total. The van der Waals surface area contributed by atoms with Gasteiger partial charge in [0.1, 0.15) is 6.54 Å². The number of aromatic nitrogens is 3. The van der Waals surface area contributed by atoms with Crippen LogP contribution in [0.3, 0.4) is 0 Å². The van der Waals surface area contributed by atoms with Gasteiger partial charge >= 0.3 is 6.18 Å². The Morgan fingerprint density at radius 1 is 1.25 bits per heavy atom. The van der Waals surface area contributed by atoms with Crippen molar-refractivity contribution in [1.82, 2.24) is 15.0 Å². The summed E-state index contributed by atoms with van der Waals surface area (Å²) >= 11 is 1.46. The minimum absolute atomic E-state index is 0.157. The number of benzene rings is 1. The Labute approximate surface area is 186 Å². The molecule has 0 bridgehead atoms. The van der Waals surface area contributed by atoms with E-state index in [4.69, 9.17) is 0 Å². The highest BCUT2D eigenvalue weighted by Crippen LogP contribution is 2.41. The molecule has 1 amide bonds. The number of alkyl halides is 3. The molecule has 4 rings (SSSR count). The van der Waals surface area contributed by atoms with Crippen molar-refractivity contribution in [3.8, 4) is 0 Å². The third-order valence-electron chi connectivity index (χ3n) is 5.96. The zero-order valence-electron chi connectivity index (χ0n) is 17.9. The molecule has 2 heterocycles. The van der Waals surface area contributed by atoms with Crippen LogP contribution in [0.15, 0.2) is 29.1 Å². The fourth-order valence-corrected chi connectivity index (χ4v) is 5.37. The van der Waals surface area contributed by atoms with Gasteiger partial charge in [0, 0.05) is 4.88 Å². The van der Waals surface area contributed by atoms with Gasteiger partial charge in [0.05, 0.1) is 16.6 Å². The fraction of sp³-hybridized carbons (Fsp3) is 0.455. The molecule has 0 unspecified atom stereocenters. The zero-order chi connectivity index (χ0) is 23.3. The molecular formula is C22H23F3N4O2S. The van der Waals surface area contributed by atoms with Crippen LogP contribution in [0.4, 0.5) is 18.9 Å². The van der Waals surface area contributed by atoms with Crippen LogP contribution in [0.2, 0.25) is 0 Å². The van der Waals surface area contributed by atoms with E-state index in [0.29, 0.717) is 16.1 Å². The summed E-state index contributed by atoms with van der Waals surface area (Å²) in [7, 11) is 0. The second kappa shape index (κ2) is 7.99. The number of aryl methyl sites for hydroxylation is 1. The van der Waals surface area contributed by atoms with E-state index in [1.165, 1.54) is 29.5 Å². The van der Waals surface area contributed by atoms with Gasteiger partial charge in [-0.2, -0.15) is 13.2 Å². The van der Waals surface area contributed by atoms with Gasteiger partial charge in [0.15, 0.2) is 4.83 Å². The molecule has 6 nitrogen and oxygen atoms in total. The highest BCUT2D eigenvalue weighted by molar-refractivity contribution is 7.18. The van der Waals surface area contributed by atoms with Crippen molar-refractivity contribution in [2.75, 3.05) is 5.32 Å². The van der Waals surface area contributed by atoms with Gasteiger partial charge in [-0.3, -0.25) is 9.59 Å². The molecule has 0 saturated heterocycles. The molecule has 32 heavy (non-hydrogen) atoms. The number of hydrogen-bond acceptors (Lipinski definition) is 5. The Morgan fingerprint density at radius 3 is 2.66 bits per heavy atom. The van der Waals surface area contributed by atoms with Crippen LogP contribution in [0.5, 0.6) is 0 Å². The van der Waals surface area contributed by atoms with Crippen molar-refractivity contribution in [3.05, 3.63) is 50.6 Å². The zero-order valence-corrected chi connectivity index (χ0v) is 18.7. The maximum atomic E-state index is 13.2. The number of amides is 1. The fourth-order valence-electron chi connectivity index (χ4n) is 4.13. The number of rotatable bonds is 3. The molecule has 3 aromatic rings. The first-order valence-electron chi connectivity index (χ1n) is 10.3. The number of para-hydroxylation sites is 1. The molecule has 2 aromatic heterocycles. The molecule has 0 fully saturated rings.